The number of carboxylic acid groups (broad SMARTS) is 2. The number of amides is 1. The van der Waals surface area contributed by atoms with Crippen LogP contribution in [0.4, 0.5) is 0 Å². The number of hydrogen-bond acceptors (Lipinski definition) is 6. The van der Waals surface area contributed by atoms with Crippen LogP contribution < -0.4 is 20.1 Å². The van der Waals surface area contributed by atoms with Crippen LogP contribution in [0.2, 0.25) is 0 Å². The topological polar surface area (TPSA) is 134 Å². The van der Waals surface area contributed by atoms with Crippen LogP contribution in [0.15, 0.2) is 18.2 Å². The van der Waals surface area contributed by atoms with Crippen molar-refractivity contribution in [2.75, 3.05) is 33.4 Å². The fraction of sp³-hybridized carbons (Fsp3) is 0.526. The first-order chi connectivity index (χ1) is 13.3. The van der Waals surface area contributed by atoms with E-state index in [1.807, 2.05) is 18.2 Å². The van der Waals surface area contributed by atoms with Gasteiger partial charge in [0.2, 0.25) is 5.91 Å². The predicted molar refractivity (Wildman–Crippen MR) is 102 cm³/mol. The average molecular weight is 396 g/mol. The number of fused-ring (bicyclic) bond motifs is 1. The van der Waals surface area contributed by atoms with Gasteiger partial charge in [-0.25, -0.2) is 9.59 Å². The van der Waals surface area contributed by atoms with Crippen LogP contribution in [0.25, 0.3) is 0 Å². The van der Waals surface area contributed by atoms with Crippen LogP contribution in [0.5, 0.6) is 11.5 Å². The number of carbonyl (C=O) groups is 3. The van der Waals surface area contributed by atoms with Gasteiger partial charge in [0.15, 0.2) is 0 Å². The highest BCUT2D eigenvalue weighted by Gasteiger charge is 2.22. The molecule has 0 saturated carbocycles. The molecule has 0 bridgehead atoms. The molecular weight excluding hydrogens is 368 g/mol. The molecule has 1 aliphatic heterocycles. The maximum atomic E-state index is 10.7. The quantitative estimate of drug-likeness (QED) is 0.376. The minimum Gasteiger partial charge on any atom is -0.496 e. The molecule has 28 heavy (non-hydrogen) atoms. The van der Waals surface area contributed by atoms with Crippen molar-refractivity contribution >= 4 is 17.8 Å². The fourth-order valence-corrected chi connectivity index (χ4v) is 2.78. The van der Waals surface area contributed by atoms with Gasteiger partial charge in [0.1, 0.15) is 11.5 Å². The molecule has 1 aromatic carbocycles. The number of carbonyl (C=O) groups excluding carboxylic acids is 1. The summed E-state index contributed by atoms with van der Waals surface area (Å²) in [6.45, 7) is 4.79. The Bertz CT molecular complexity index is 637. The molecule has 0 aliphatic carbocycles. The van der Waals surface area contributed by atoms with Crippen LogP contribution in [-0.2, 0) is 20.8 Å². The van der Waals surface area contributed by atoms with Gasteiger partial charge >= 0.3 is 11.9 Å². The van der Waals surface area contributed by atoms with Crippen LogP contribution in [0.1, 0.15) is 25.3 Å². The summed E-state index contributed by atoms with van der Waals surface area (Å²) >= 11 is 0. The van der Waals surface area contributed by atoms with Crippen molar-refractivity contribution in [1.29, 1.82) is 0 Å². The minimum atomic E-state index is -1.82. The van der Waals surface area contributed by atoms with Crippen molar-refractivity contribution in [2.24, 2.45) is 5.92 Å². The molecule has 0 radical (unpaired) electrons. The summed E-state index contributed by atoms with van der Waals surface area (Å²) in [5, 5.41) is 20.9. The van der Waals surface area contributed by atoms with E-state index in [-0.39, 0.29) is 5.91 Å². The molecule has 0 aromatic heterocycles. The molecule has 156 valence electrons. The molecule has 4 N–H and O–H groups in total. The minimum absolute atomic E-state index is 0.0220. The third-order valence-corrected chi connectivity index (χ3v) is 4.10. The molecule has 0 fully saturated rings. The van der Waals surface area contributed by atoms with E-state index in [0.29, 0.717) is 12.5 Å². The Morgan fingerprint density at radius 2 is 1.89 bits per heavy atom. The monoisotopic (exact) mass is 396 g/mol. The number of ether oxygens (including phenoxy) is 2. The van der Waals surface area contributed by atoms with Crippen molar-refractivity contribution in [1.82, 2.24) is 10.6 Å². The molecule has 2 rings (SSSR count). The van der Waals surface area contributed by atoms with E-state index in [2.05, 4.69) is 10.6 Å². The fourth-order valence-electron chi connectivity index (χ4n) is 2.78. The zero-order valence-electron chi connectivity index (χ0n) is 16.2. The number of benzene rings is 1. The molecule has 1 aromatic rings. The van der Waals surface area contributed by atoms with Crippen LogP contribution in [-0.4, -0.2) is 61.4 Å². The van der Waals surface area contributed by atoms with E-state index in [1.165, 1.54) is 12.5 Å². The molecule has 1 unspecified atom stereocenters. The molecule has 1 aliphatic rings. The van der Waals surface area contributed by atoms with Crippen molar-refractivity contribution in [3.05, 3.63) is 23.8 Å². The third kappa shape index (κ3) is 8.72. The zero-order valence-corrected chi connectivity index (χ0v) is 16.2. The van der Waals surface area contributed by atoms with Crippen molar-refractivity contribution in [3.63, 3.8) is 0 Å². The standard InChI is InChI=1S/C17H26N2O3.C2H2O4/c1-13(20)19-10-9-18-8-4-5-14-11-15-16(21-2)6-3-7-17(15)22-12-14;3-1(4)2(5)6/h3,6-7,14,18H,4-5,8-12H2,1-2H3,(H,19,20);(H,3,4)(H,5,6). The number of rotatable bonds is 8. The van der Waals surface area contributed by atoms with Gasteiger partial charge in [-0.3, -0.25) is 4.79 Å². The summed E-state index contributed by atoms with van der Waals surface area (Å²) in [4.78, 5) is 28.9. The summed E-state index contributed by atoms with van der Waals surface area (Å²) < 4.78 is 11.3. The number of aliphatic carboxylic acids is 2. The average Bonchev–Trinajstić information content (AvgIpc) is 2.66. The summed E-state index contributed by atoms with van der Waals surface area (Å²) in [6, 6.07) is 5.97. The lowest BCUT2D eigenvalue weighted by Crippen LogP contribution is -2.31. The number of nitrogens with one attached hydrogen (secondary N) is 2. The van der Waals surface area contributed by atoms with Gasteiger partial charge in [-0.2, -0.15) is 0 Å². The van der Waals surface area contributed by atoms with Gasteiger partial charge in [0.05, 0.1) is 13.7 Å². The first kappa shape index (κ1) is 23.2. The second kappa shape index (κ2) is 12.6. The summed E-state index contributed by atoms with van der Waals surface area (Å²) in [6.07, 6.45) is 3.26. The van der Waals surface area contributed by atoms with E-state index >= 15 is 0 Å². The van der Waals surface area contributed by atoms with E-state index < -0.39 is 11.9 Å². The van der Waals surface area contributed by atoms with Gasteiger partial charge in [0, 0.05) is 25.6 Å². The molecule has 1 amide bonds. The van der Waals surface area contributed by atoms with E-state index in [1.54, 1.807) is 7.11 Å². The largest absolute Gasteiger partial charge is 0.496 e. The molecule has 1 atom stereocenters. The number of methoxy groups -OCH3 is 1. The van der Waals surface area contributed by atoms with Gasteiger partial charge in [-0.15, -0.1) is 0 Å². The van der Waals surface area contributed by atoms with Gasteiger partial charge in [-0.1, -0.05) is 6.07 Å². The SMILES string of the molecule is COc1cccc2c1CC(CCCNCCNC(C)=O)CO2.O=C(O)C(=O)O. The second-order valence-electron chi connectivity index (χ2n) is 6.30. The molecule has 0 spiro atoms. The zero-order chi connectivity index (χ0) is 20.9. The van der Waals surface area contributed by atoms with Crippen LogP contribution in [0.3, 0.4) is 0 Å². The molecule has 1 heterocycles. The highest BCUT2D eigenvalue weighted by Crippen LogP contribution is 2.35. The highest BCUT2D eigenvalue weighted by molar-refractivity contribution is 6.27. The Hall–Kier alpha value is -2.81. The predicted octanol–water partition coefficient (Wildman–Crippen LogP) is 0.908. The Balaban J connectivity index is 0.000000568. The Morgan fingerprint density at radius 1 is 1.18 bits per heavy atom. The van der Waals surface area contributed by atoms with E-state index in [9.17, 15) is 4.79 Å². The summed E-state index contributed by atoms with van der Waals surface area (Å²) in [7, 11) is 1.71. The Morgan fingerprint density at radius 3 is 2.50 bits per heavy atom. The number of carboxylic acids is 2. The molecule has 0 saturated heterocycles. The van der Waals surface area contributed by atoms with Gasteiger partial charge < -0.3 is 30.3 Å². The van der Waals surface area contributed by atoms with Crippen molar-refractivity contribution in [2.45, 2.75) is 26.2 Å². The van der Waals surface area contributed by atoms with E-state index in [0.717, 1.165) is 50.5 Å². The highest BCUT2D eigenvalue weighted by atomic mass is 16.5. The van der Waals surface area contributed by atoms with Crippen molar-refractivity contribution < 1.29 is 34.1 Å². The van der Waals surface area contributed by atoms with Crippen LogP contribution in [0, 0.1) is 5.92 Å². The van der Waals surface area contributed by atoms with Gasteiger partial charge in [-0.05, 0) is 43.9 Å². The maximum Gasteiger partial charge on any atom is 0.414 e. The first-order valence-electron chi connectivity index (χ1n) is 9.05. The second-order valence-corrected chi connectivity index (χ2v) is 6.30. The van der Waals surface area contributed by atoms with Crippen molar-refractivity contribution in [3.8, 4) is 11.5 Å². The Labute approximate surface area is 164 Å². The normalized spacial score (nSPS) is 14.6. The first-order valence-corrected chi connectivity index (χ1v) is 9.05. The van der Waals surface area contributed by atoms with Gasteiger partial charge in [0.25, 0.3) is 0 Å². The van der Waals surface area contributed by atoms with Crippen LogP contribution >= 0.6 is 0 Å². The molecule has 9 nitrogen and oxygen atoms in total. The summed E-state index contributed by atoms with van der Waals surface area (Å²) in [5.41, 5.74) is 1.19. The lowest BCUT2D eigenvalue weighted by atomic mass is 9.92. The maximum absolute atomic E-state index is 10.7. The third-order valence-electron chi connectivity index (χ3n) is 4.10. The summed E-state index contributed by atoms with van der Waals surface area (Å²) in [5.74, 6) is -1.20. The number of hydrogen-bond donors (Lipinski definition) is 4. The smallest absolute Gasteiger partial charge is 0.414 e. The Kier molecular flexibility index (Phi) is 10.4. The lowest BCUT2D eigenvalue weighted by Gasteiger charge is -2.26. The molecule has 9 heteroatoms. The lowest BCUT2D eigenvalue weighted by molar-refractivity contribution is -0.159. The molecular formula is C19H28N2O7. The van der Waals surface area contributed by atoms with E-state index in [4.69, 9.17) is 29.3 Å².